The minimum absolute atomic E-state index is 0.220. The van der Waals surface area contributed by atoms with Crippen LogP contribution in [0.25, 0.3) is 0 Å². The summed E-state index contributed by atoms with van der Waals surface area (Å²) in [4.78, 5) is 23.5. The average Bonchev–Trinajstić information content (AvgIpc) is 2.43. The van der Waals surface area contributed by atoms with Crippen LogP contribution in [0, 0.1) is 5.92 Å². The Morgan fingerprint density at radius 3 is 2.75 bits per heavy atom. The zero-order valence-electron chi connectivity index (χ0n) is 12.1. The van der Waals surface area contributed by atoms with Crippen LogP contribution >= 0.6 is 0 Å². The molecule has 2 N–H and O–H groups in total. The van der Waals surface area contributed by atoms with Gasteiger partial charge >= 0.3 is 0 Å². The van der Waals surface area contributed by atoms with Crippen molar-refractivity contribution < 1.29 is 9.90 Å². The molecule has 1 fully saturated rings. The van der Waals surface area contributed by atoms with E-state index in [1.807, 2.05) is 0 Å². The van der Waals surface area contributed by atoms with Crippen molar-refractivity contribution in [2.45, 2.75) is 38.2 Å². The largest absolute Gasteiger partial charge is 0.388 e. The first-order chi connectivity index (χ1) is 9.39. The van der Waals surface area contributed by atoms with Gasteiger partial charge in [-0.3, -0.25) is 9.59 Å². The Hall–Kier alpha value is -1.62. The second-order valence-corrected chi connectivity index (χ2v) is 5.95. The van der Waals surface area contributed by atoms with Crippen molar-refractivity contribution in [2.75, 3.05) is 6.54 Å². The van der Waals surface area contributed by atoms with E-state index < -0.39 is 5.60 Å². The Bertz CT molecular complexity index is 542. The number of carbonyl (C=O) groups excluding carboxylic acids is 1. The monoisotopic (exact) mass is 278 g/mol. The zero-order chi connectivity index (χ0) is 14.8. The molecular weight excluding hydrogens is 256 g/mol. The predicted molar refractivity (Wildman–Crippen MR) is 76.6 cm³/mol. The van der Waals surface area contributed by atoms with Crippen LogP contribution in [0.5, 0.6) is 0 Å². The van der Waals surface area contributed by atoms with E-state index in [-0.39, 0.29) is 18.0 Å². The van der Waals surface area contributed by atoms with Gasteiger partial charge in [0.05, 0.1) is 5.60 Å². The Balaban J connectivity index is 1.95. The highest BCUT2D eigenvalue weighted by molar-refractivity contribution is 5.94. The van der Waals surface area contributed by atoms with E-state index in [2.05, 4.69) is 12.2 Å². The molecule has 0 bridgehead atoms. The Morgan fingerprint density at radius 2 is 2.15 bits per heavy atom. The van der Waals surface area contributed by atoms with Crippen LogP contribution in [0.2, 0.25) is 0 Å². The number of aliphatic hydroxyl groups is 1. The van der Waals surface area contributed by atoms with Gasteiger partial charge in [0.15, 0.2) is 0 Å². The minimum Gasteiger partial charge on any atom is -0.388 e. The number of nitrogens with zero attached hydrogens (tertiary/aromatic N) is 1. The standard InChI is InChI=1S/C15H22N2O3/c1-11-3-6-15(20,7-4-11)10-16-14(19)12-5-8-17(2)13(18)9-12/h5,8-9,11,20H,3-4,6-7,10H2,1-2H3,(H,16,19). The van der Waals surface area contributed by atoms with E-state index in [0.29, 0.717) is 24.3 Å². The summed E-state index contributed by atoms with van der Waals surface area (Å²) < 4.78 is 1.41. The van der Waals surface area contributed by atoms with E-state index in [0.717, 1.165) is 12.8 Å². The first-order valence-electron chi connectivity index (χ1n) is 7.07. The average molecular weight is 278 g/mol. The van der Waals surface area contributed by atoms with Crippen LogP contribution in [0.15, 0.2) is 23.1 Å². The molecule has 1 aromatic rings. The van der Waals surface area contributed by atoms with Gasteiger partial charge < -0.3 is 15.0 Å². The van der Waals surface area contributed by atoms with Gasteiger partial charge in [-0.25, -0.2) is 0 Å². The first-order valence-corrected chi connectivity index (χ1v) is 7.07. The lowest BCUT2D eigenvalue weighted by atomic mass is 9.79. The number of carbonyl (C=O) groups is 1. The molecule has 0 atom stereocenters. The maximum atomic E-state index is 12.0. The Kier molecular flexibility index (Phi) is 4.28. The number of hydrogen-bond donors (Lipinski definition) is 2. The molecule has 0 unspecified atom stereocenters. The second-order valence-electron chi connectivity index (χ2n) is 5.95. The molecule has 110 valence electrons. The molecule has 5 heteroatoms. The highest BCUT2D eigenvalue weighted by Crippen LogP contribution is 2.31. The van der Waals surface area contributed by atoms with Gasteiger partial charge in [-0.15, -0.1) is 0 Å². The Morgan fingerprint density at radius 1 is 1.50 bits per heavy atom. The van der Waals surface area contributed by atoms with Gasteiger partial charge in [-0.05, 0) is 37.7 Å². The fourth-order valence-electron chi connectivity index (χ4n) is 2.51. The summed E-state index contributed by atoms with van der Waals surface area (Å²) in [6, 6.07) is 2.91. The van der Waals surface area contributed by atoms with E-state index in [1.54, 1.807) is 19.3 Å². The molecule has 20 heavy (non-hydrogen) atoms. The number of rotatable bonds is 3. The van der Waals surface area contributed by atoms with Crippen molar-refractivity contribution in [1.29, 1.82) is 0 Å². The van der Waals surface area contributed by atoms with E-state index >= 15 is 0 Å². The summed E-state index contributed by atoms with van der Waals surface area (Å²) >= 11 is 0. The fourth-order valence-corrected chi connectivity index (χ4v) is 2.51. The van der Waals surface area contributed by atoms with E-state index in [4.69, 9.17) is 0 Å². The third-order valence-electron chi connectivity index (χ3n) is 4.15. The summed E-state index contributed by atoms with van der Waals surface area (Å²) in [7, 11) is 1.63. The summed E-state index contributed by atoms with van der Waals surface area (Å²) in [6.07, 6.45) is 4.96. The maximum Gasteiger partial charge on any atom is 0.251 e. The van der Waals surface area contributed by atoms with Gasteiger partial charge in [0.1, 0.15) is 0 Å². The minimum atomic E-state index is -0.804. The van der Waals surface area contributed by atoms with Crippen molar-refractivity contribution >= 4 is 5.91 Å². The van der Waals surface area contributed by atoms with Crippen molar-refractivity contribution in [3.05, 3.63) is 34.2 Å². The van der Waals surface area contributed by atoms with Crippen molar-refractivity contribution in [3.63, 3.8) is 0 Å². The molecule has 5 nitrogen and oxygen atoms in total. The first kappa shape index (κ1) is 14.8. The normalized spacial score (nSPS) is 26.2. The molecule has 1 aliphatic rings. The molecule has 1 heterocycles. The second kappa shape index (κ2) is 5.79. The lowest BCUT2D eigenvalue weighted by molar-refractivity contribution is -0.00540. The summed E-state index contributed by atoms with van der Waals surface area (Å²) in [5.74, 6) is 0.331. The third-order valence-corrected chi connectivity index (χ3v) is 4.15. The molecule has 1 amide bonds. The predicted octanol–water partition coefficient (Wildman–Crippen LogP) is 1.06. The van der Waals surface area contributed by atoms with Gasteiger partial charge in [-0.1, -0.05) is 6.92 Å². The van der Waals surface area contributed by atoms with E-state index in [1.165, 1.54) is 10.6 Å². The summed E-state index contributed by atoms with van der Waals surface area (Å²) in [6.45, 7) is 2.42. The van der Waals surface area contributed by atoms with Crippen molar-refractivity contribution in [2.24, 2.45) is 13.0 Å². The topological polar surface area (TPSA) is 71.3 Å². The van der Waals surface area contributed by atoms with Crippen LogP contribution in [-0.2, 0) is 7.05 Å². The number of pyridine rings is 1. The van der Waals surface area contributed by atoms with Crippen LogP contribution in [0.1, 0.15) is 43.0 Å². The zero-order valence-corrected chi connectivity index (χ0v) is 12.1. The molecule has 1 aliphatic carbocycles. The van der Waals surface area contributed by atoms with Crippen LogP contribution in [0.3, 0.4) is 0 Å². The SMILES string of the molecule is CC1CCC(O)(CNC(=O)c2ccn(C)c(=O)c2)CC1. The lowest BCUT2D eigenvalue weighted by Crippen LogP contribution is -2.45. The number of hydrogen-bond acceptors (Lipinski definition) is 3. The molecule has 1 aromatic heterocycles. The lowest BCUT2D eigenvalue weighted by Gasteiger charge is -2.34. The highest BCUT2D eigenvalue weighted by Gasteiger charge is 2.32. The fraction of sp³-hybridized carbons (Fsp3) is 0.600. The number of nitrogens with one attached hydrogen (secondary N) is 1. The highest BCUT2D eigenvalue weighted by atomic mass is 16.3. The van der Waals surface area contributed by atoms with Crippen molar-refractivity contribution in [3.8, 4) is 0 Å². The molecule has 1 saturated carbocycles. The van der Waals surface area contributed by atoms with Crippen LogP contribution in [0.4, 0.5) is 0 Å². The molecule has 2 rings (SSSR count). The molecular formula is C15H22N2O3. The van der Waals surface area contributed by atoms with Gasteiger partial charge in [0, 0.05) is 31.4 Å². The van der Waals surface area contributed by atoms with Gasteiger partial charge in [0.2, 0.25) is 0 Å². The molecule has 0 saturated heterocycles. The molecule has 0 spiro atoms. The van der Waals surface area contributed by atoms with Crippen molar-refractivity contribution in [1.82, 2.24) is 9.88 Å². The summed E-state index contributed by atoms with van der Waals surface area (Å²) in [5.41, 5.74) is -0.689. The van der Waals surface area contributed by atoms with Gasteiger partial charge in [-0.2, -0.15) is 0 Å². The third kappa shape index (κ3) is 3.48. The van der Waals surface area contributed by atoms with Crippen LogP contribution < -0.4 is 10.9 Å². The number of aryl methyl sites for hydroxylation is 1. The molecule has 0 aliphatic heterocycles. The maximum absolute atomic E-state index is 12.0. The van der Waals surface area contributed by atoms with E-state index in [9.17, 15) is 14.7 Å². The quantitative estimate of drug-likeness (QED) is 0.868. The number of aromatic nitrogens is 1. The Labute approximate surface area is 118 Å². The van der Waals surface area contributed by atoms with Crippen LogP contribution in [-0.4, -0.2) is 27.7 Å². The smallest absolute Gasteiger partial charge is 0.251 e. The molecule has 0 aromatic carbocycles. The molecule has 0 radical (unpaired) electrons. The number of amides is 1. The van der Waals surface area contributed by atoms with Gasteiger partial charge in [0.25, 0.3) is 11.5 Å². The summed E-state index contributed by atoms with van der Waals surface area (Å²) in [5, 5.41) is 13.1.